The number of rotatable bonds is 10. The van der Waals surface area contributed by atoms with E-state index in [9.17, 15) is 9.59 Å². The zero-order valence-electron chi connectivity index (χ0n) is 19.6. The van der Waals surface area contributed by atoms with Gasteiger partial charge in [-0.15, -0.1) is 0 Å². The highest BCUT2D eigenvalue weighted by molar-refractivity contribution is 5.80. The minimum absolute atomic E-state index is 0.00817. The van der Waals surface area contributed by atoms with E-state index in [0.29, 0.717) is 12.8 Å². The molecule has 0 bridgehead atoms. The van der Waals surface area contributed by atoms with Gasteiger partial charge in [0.2, 0.25) is 11.8 Å². The third kappa shape index (κ3) is 6.14. The summed E-state index contributed by atoms with van der Waals surface area (Å²) in [5, 5.41) is 14.6. The van der Waals surface area contributed by atoms with E-state index in [1.165, 1.54) is 12.7 Å². The minimum Gasteiger partial charge on any atom is -0.351 e. The van der Waals surface area contributed by atoms with E-state index in [-0.39, 0.29) is 41.4 Å². The van der Waals surface area contributed by atoms with Crippen LogP contribution in [0.4, 0.5) is 0 Å². The fourth-order valence-electron chi connectivity index (χ4n) is 4.56. The molecule has 2 amide bonds. The largest absolute Gasteiger partial charge is 0.351 e. The molecule has 3 rings (SSSR count). The predicted molar refractivity (Wildman–Crippen MR) is 119 cm³/mol. The van der Waals surface area contributed by atoms with Crippen LogP contribution in [0.5, 0.6) is 0 Å². The van der Waals surface area contributed by atoms with Crippen LogP contribution in [0.2, 0.25) is 0 Å². The smallest absolute Gasteiger partial charge is 0.220 e. The molecule has 2 aromatic heterocycles. The van der Waals surface area contributed by atoms with E-state index in [4.69, 9.17) is 0 Å². The van der Waals surface area contributed by atoms with Gasteiger partial charge >= 0.3 is 0 Å². The molecule has 32 heavy (non-hydrogen) atoms. The lowest BCUT2D eigenvalue weighted by Crippen LogP contribution is -2.44. The maximum absolute atomic E-state index is 13.0. The van der Waals surface area contributed by atoms with Crippen molar-refractivity contribution in [1.29, 1.82) is 0 Å². The molecule has 10 nitrogen and oxygen atoms in total. The molecule has 2 aromatic rings. The average Bonchev–Trinajstić information content (AvgIpc) is 3.47. The van der Waals surface area contributed by atoms with Crippen molar-refractivity contribution in [3.05, 3.63) is 25.3 Å². The third-order valence-corrected chi connectivity index (χ3v) is 6.92. The monoisotopic (exact) mass is 444 g/mol. The summed E-state index contributed by atoms with van der Waals surface area (Å²) in [4.78, 5) is 33.9. The van der Waals surface area contributed by atoms with E-state index >= 15 is 0 Å². The lowest BCUT2D eigenvalue weighted by molar-refractivity contribution is -0.128. The highest BCUT2D eigenvalue weighted by Crippen LogP contribution is 2.42. The molecule has 0 spiro atoms. The number of nitrogens with one attached hydrogen (secondary N) is 2. The molecule has 0 aliphatic heterocycles. The molecular weight excluding hydrogens is 408 g/mol. The highest BCUT2D eigenvalue weighted by Gasteiger charge is 2.37. The predicted octanol–water partition coefficient (Wildman–Crippen LogP) is 2.43. The van der Waals surface area contributed by atoms with E-state index in [0.717, 1.165) is 32.1 Å². The molecule has 1 fully saturated rings. The molecule has 176 valence electrons. The zero-order chi connectivity index (χ0) is 23.1. The molecule has 1 aliphatic carbocycles. The van der Waals surface area contributed by atoms with E-state index in [2.05, 4.69) is 30.8 Å². The van der Waals surface area contributed by atoms with Gasteiger partial charge in [0.25, 0.3) is 0 Å². The summed E-state index contributed by atoms with van der Waals surface area (Å²) in [5.74, 6) is -0.0219. The summed E-state index contributed by atoms with van der Waals surface area (Å²) >= 11 is 0. The first-order chi connectivity index (χ1) is 15.3. The van der Waals surface area contributed by atoms with Crippen LogP contribution in [0.25, 0.3) is 0 Å². The van der Waals surface area contributed by atoms with Gasteiger partial charge in [-0.2, -0.15) is 10.2 Å². The fraction of sp³-hybridized carbons (Fsp3) is 0.727. The van der Waals surface area contributed by atoms with Crippen LogP contribution in [0.3, 0.4) is 0 Å². The average molecular weight is 445 g/mol. The van der Waals surface area contributed by atoms with Crippen LogP contribution in [0, 0.1) is 5.41 Å². The third-order valence-electron chi connectivity index (χ3n) is 6.92. The van der Waals surface area contributed by atoms with Crippen LogP contribution in [-0.2, 0) is 9.59 Å². The molecule has 1 aliphatic rings. The summed E-state index contributed by atoms with van der Waals surface area (Å²) < 4.78 is 3.49. The fourth-order valence-corrected chi connectivity index (χ4v) is 4.56. The van der Waals surface area contributed by atoms with Gasteiger partial charge in [-0.05, 0) is 46.0 Å². The van der Waals surface area contributed by atoms with E-state index in [1.807, 2.05) is 27.7 Å². The molecule has 0 radical (unpaired) electrons. The van der Waals surface area contributed by atoms with Crippen LogP contribution in [0.15, 0.2) is 25.3 Å². The number of hydrogen-bond donors (Lipinski definition) is 2. The van der Waals surface area contributed by atoms with E-state index < -0.39 is 0 Å². The molecule has 2 heterocycles. The van der Waals surface area contributed by atoms with Gasteiger partial charge in [-0.1, -0.05) is 19.3 Å². The zero-order valence-corrected chi connectivity index (χ0v) is 19.6. The van der Waals surface area contributed by atoms with Crippen molar-refractivity contribution in [1.82, 2.24) is 40.2 Å². The Morgan fingerprint density at radius 2 is 1.25 bits per heavy atom. The second-order valence-corrected chi connectivity index (χ2v) is 9.36. The van der Waals surface area contributed by atoms with Crippen LogP contribution >= 0.6 is 0 Å². The van der Waals surface area contributed by atoms with Crippen molar-refractivity contribution in [2.75, 3.05) is 0 Å². The Hall–Kier alpha value is -2.78. The lowest BCUT2D eigenvalue weighted by atomic mass is 9.69. The standard InChI is InChI=1S/C22H36N8O2/c1-16(18(3)29-14-23-12-25-29)27-20(31)10-22(8-6-5-7-9-22)11-21(32)28-17(2)19(4)30-15-24-13-26-30/h12-19H,5-11H2,1-4H3,(H,27,31)(H,28,32). The second kappa shape index (κ2) is 10.7. The van der Waals surface area contributed by atoms with Crippen molar-refractivity contribution < 1.29 is 9.59 Å². The SMILES string of the molecule is CC(NC(=O)CC1(CC(=O)NC(C)C(C)n2cncn2)CCCCC1)C(C)n1cncn1. The Bertz CT molecular complexity index is 781. The summed E-state index contributed by atoms with van der Waals surface area (Å²) in [6, 6.07) is -0.207. The Morgan fingerprint density at radius 3 is 1.62 bits per heavy atom. The second-order valence-electron chi connectivity index (χ2n) is 9.36. The molecule has 1 saturated carbocycles. The van der Waals surface area contributed by atoms with Gasteiger partial charge in [0.1, 0.15) is 25.3 Å². The summed E-state index contributed by atoms with van der Waals surface area (Å²) in [6.45, 7) is 7.94. The normalized spacial score (nSPS) is 19.5. The van der Waals surface area contributed by atoms with Gasteiger partial charge in [0.05, 0.1) is 12.1 Å². The Morgan fingerprint density at radius 1 is 0.812 bits per heavy atom. The van der Waals surface area contributed by atoms with Gasteiger partial charge in [-0.3, -0.25) is 9.59 Å². The van der Waals surface area contributed by atoms with Crippen molar-refractivity contribution in [3.63, 3.8) is 0 Å². The van der Waals surface area contributed by atoms with Crippen LogP contribution in [0.1, 0.15) is 84.7 Å². The minimum atomic E-state index is -0.293. The number of carbonyl (C=O) groups excluding carboxylic acids is 2. The topological polar surface area (TPSA) is 120 Å². The number of nitrogens with zero attached hydrogens (tertiary/aromatic N) is 6. The molecular formula is C22H36N8O2. The molecule has 4 atom stereocenters. The molecule has 0 aromatic carbocycles. The van der Waals surface area contributed by atoms with Crippen molar-refractivity contribution >= 4 is 11.8 Å². The Kier molecular flexibility index (Phi) is 7.98. The lowest BCUT2D eigenvalue weighted by Gasteiger charge is -2.37. The molecule has 10 heteroatoms. The first-order valence-corrected chi connectivity index (χ1v) is 11.6. The maximum atomic E-state index is 13.0. The highest BCUT2D eigenvalue weighted by atomic mass is 16.2. The summed E-state index contributed by atoms with van der Waals surface area (Å²) in [7, 11) is 0. The Balaban J connectivity index is 1.58. The van der Waals surface area contributed by atoms with Crippen LogP contribution < -0.4 is 10.6 Å². The Labute approximate surface area is 189 Å². The van der Waals surface area contributed by atoms with Crippen molar-refractivity contribution in [3.8, 4) is 0 Å². The number of carbonyl (C=O) groups is 2. The maximum Gasteiger partial charge on any atom is 0.220 e. The van der Waals surface area contributed by atoms with E-state index in [1.54, 1.807) is 22.0 Å². The van der Waals surface area contributed by atoms with Gasteiger partial charge in [-0.25, -0.2) is 19.3 Å². The van der Waals surface area contributed by atoms with Crippen LogP contribution in [-0.4, -0.2) is 53.4 Å². The summed E-state index contributed by atoms with van der Waals surface area (Å²) in [5.41, 5.74) is -0.293. The molecule has 0 saturated heterocycles. The number of aromatic nitrogens is 6. The number of hydrogen-bond acceptors (Lipinski definition) is 6. The van der Waals surface area contributed by atoms with Gasteiger partial charge in [0.15, 0.2) is 0 Å². The number of amides is 2. The van der Waals surface area contributed by atoms with Gasteiger partial charge in [0, 0.05) is 24.9 Å². The first kappa shape index (κ1) is 23.9. The van der Waals surface area contributed by atoms with Crippen molar-refractivity contribution in [2.45, 2.75) is 96.8 Å². The first-order valence-electron chi connectivity index (χ1n) is 11.6. The molecule has 2 N–H and O–H groups in total. The quantitative estimate of drug-likeness (QED) is 0.581. The van der Waals surface area contributed by atoms with Crippen molar-refractivity contribution in [2.24, 2.45) is 5.41 Å². The van der Waals surface area contributed by atoms with Gasteiger partial charge < -0.3 is 10.6 Å². The molecule has 4 unspecified atom stereocenters. The summed E-state index contributed by atoms with van der Waals surface area (Å²) in [6.07, 6.45) is 12.1.